The Labute approximate surface area is 114 Å². The van der Waals surface area contributed by atoms with Gasteiger partial charge in [0.15, 0.2) is 6.23 Å². The van der Waals surface area contributed by atoms with Crippen molar-refractivity contribution in [3.63, 3.8) is 0 Å². The summed E-state index contributed by atoms with van der Waals surface area (Å²) in [6, 6.07) is 2.00. The van der Waals surface area contributed by atoms with Gasteiger partial charge in [0.25, 0.3) is 0 Å². The van der Waals surface area contributed by atoms with Crippen LogP contribution in [0.4, 0.5) is 5.82 Å². The number of hydrogen-bond donors (Lipinski definition) is 4. The molecular weight excluding hydrogens is 266 g/mol. The maximum Gasteiger partial charge on any atom is 0.351 e. The molecule has 1 aromatic rings. The highest BCUT2D eigenvalue weighted by Crippen LogP contribution is 2.28. The molecule has 0 unspecified atom stereocenters. The van der Waals surface area contributed by atoms with Crippen LogP contribution in [-0.4, -0.2) is 55.8 Å². The number of rotatable bonds is 4. The number of nitrogens with one attached hydrogen (secondary N) is 1. The van der Waals surface area contributed by atoms with Crippen LogP contribution in [0.1, 0.15) is 19.1 Å². The third-order valence-corrected chi connectivity index (χ3v) is 3.55. The Balaban J connectivity index is 1.81. The molecule has 8 heteroatoms. The maximum absolute atomic E-state index is 12.0. The summed E-state index contributed by atoms with van der Waals surface area (Å²) >= 11 is 0. The van der Waals surface area contributed by atoms with Crippen molar-refractivity contribution in [1.82, 2.24) is 9.55 Å². The highest BCUT2D eigenvalue weighted by molar-refractivity contribution is 5.35. The second-order valence-electron chi connectivity index (χ2n) is 5.15. The van der Waals surface area contributed by atoms with Crippen LogP contribution in [0.5, 0.6) is 0 Å². The predicted octanol–water partition coefficient (Wildman–Crippen LogP) is -1.57. The number of aromatic nitrogens is 2. The summed E-state index contributed by atoms with van der Waals surface area (Å²) in [7, 11) is 0. The van der Waals surface area contributed by atoms with E-state index in [4.69, 9.17) is 9.84 Å². The molecule has 0 amide bonds. The van der Waals surface area contributed by atoms with Crippen LogP contribution >= 0.6 is 0 Å². The first-order chi connectivity index (χ1) is 9.60. The molecule has 1 aromatic heterocycles. The van der Waals surface area contributed by atoms with Crippen LogP contribution in [0.15, 0.2) is 17.1 Å². The van der Waals surface area contributed by atoms with E-state index in [9.17, 15) is 15.0 Å². The van der Waals surface area contributed by atoms with Crippen LogP contribution in [0.2, 0.25) is 0 Å². The zero-order chi connectivity index (χ0) is 14.3. The lowest BCUT2D eigenvalue weighted by molar-refractivity contribution is -0.0549. The van der Waals surface area contributed by atoms with E-state index in [1.807, 2.05) is 0 Å². The first-order valence-electron chi connectivity index (χ1n) is 6.58. The van der Waals surface area contributed by atoms with Gasteiger partial charge in [0.1, 0.15) is 24.1 Å². The highest BCUT2D eigenvalue weighted by Gasteiger charge is 2.43. The number of hydrogen-bond acceptors (Lipinski definition) is 7. The maximum atomic E-state index is 12.0. The molecule has 0 bridgehead atoms. The second kappa shape index (κ2) is 5.13. The molecule has 0 aromatic carbocycles. The first kappa shape index (κ1) is 13.5. The molecule has 20 heavy (non-hydrogen) atoms. The largest absolute Gasteiger partial charge is 0.394 e. The molecule has 1 saturated heterocycles. The van der Waals surface area contributed by atoms with Crippen LogP contribution in [0.3, 0.4) is 0 Å². The van der Waals surface area contributed by atoms with Crippen molar-refractivity contribution < 1.29 is 20.1 Å². The standard InChI is InChI=1S/C12H17N3O5/c16-5-7-9(17)10(18)11(20-7)15-4-3-8(14-12(15)19)13-6-1-2-6/h3-4,6-7,9-11,16-18H,1-2,5H2,(H,13,14,19)/t7-,9-,10+,11-/m0/s1. The summed E-state index contributed by atoms with van der Waals surface area (Å²) in [5.41, 5.74) is -0.578. The van der Waals surface area contributed by atoms with Gasteiger partial charge in [-0.25, -0.2) is 4.79 Å². The minimum Gasteiger partial charge on any atom is -0.394 e. The van der Waals surface area contributed by atoms with E-state index < -0.39 is 36.8 Å². The monoisotopic (exact) mass is 283 g/mol. The summed E-state index contributed by atoms with van der Waals surface area (Å²) in [5.74, 6) is 0.487. The summed E-state index contributed by atoms with van der Waals surface area (Å²) in [4.78, 5) is 15.8. The molecule has 1 saturated carbocycles. The summed E-state index contributed by atoms with van der Waals surface area (Å²) in [6.45, 7) is -0.432. The van der Waals surface area contributed by atoms with Crippen LogP contribution in [0.25, 0.3) is 0 Å². The highest BCUT2D eigenvalue weighted by atomic mass is 16.6. The molecule has 3 rings (SSSR count). The molecule has 2 aliphatic rings. The minimum atomic E-state index is -1.28. The Bertz CT molecular complexity index is 544. The fourth-order valence-electron chi connectivity index (χ4n) is 2.23. The molecule has 0 spiro atoms. The van der Waals surface area contributed by atoms with Crippen molar-refractivity contribution in [2.45, 2.75) is 43.4 Å². The molecule has 2 heterocycles. The van der Waals surface area contributed by atoms with E-state index in [2.05, 4.69) is 10.3 Å². The number of nitrogens with zero attached hydrogens (tertiary/aromatic N) is 2. The summed E-state index contributed by atoms with van der Waals surface area (Å²) in [6.07, 6.45) is -0.877. The Morgan fingerprint density at radius 1 is 1.40 bits per heavy atom. The Kier molecular flexibility index (Phi) is 3.47. The van der Waals surface area contributed by atoms with Gasteiger partial charge in [-0.2, -0.15) is 4.98 Å². The first-order valence-corrected chi connectivity index (χ1v) is 6.58. The number of ether oxygens (including phenoxy) is 1. The zero-order valence-electron chi connectivity index (χ0n) is 10.7. The molecule has 1 aliphatic heterocycles. The van der Waals surface area contributed by atoms with Crippen molar-refractivity contribution in [2.24, 2.45) is 0 Å². The lowest BCUT2D eigenvalue weighted by Crippen LogP contribution is -2.36. The van der Waals surface area contributed by atoms with Crippen molar-refractivity contribution in [1.29, 1.82) is 0 Å². The average Bonchev–Trinajstić information content (AvgIpc) is 3.19. The molecule has 110 valence electrons. The molecule has 1 aliphatic carbocycles. The van der Waals surface area contributed by atoms with E-state index in [1.54, 1.807) is 6.07 Å². The topological polar surface area (TPSA) is 117 Å². The van der Waals surface area contributed by atoms with E-state index in [0.29, 0.717) is 11.9 Å². The van der Waals surface area contributed by atoms with Crippen LogP contribution < -0.4 is 11.0 Å². The summed E-state index contributed by atoms with van der Waals surface area (Å²) in [5, 5.41) is 31.7. The third-order valence-electron chi connectivity index (χ3n) is 3.55. The second-order valence-corrected chi connectivity index (χ2v) is 5.15. The molecule has 2 fully saturated rings. The normalized spacial score (nSPS) is 33.4. The lowest BCUT2D eigenvalue weighted by Gasteiger charge is -2.17. The minimum absolute atomic E-state index is 0.381. The van der Waals surface area contributed by atoms with Crippen molar-refractivity contribution in [3.05, 3.63) is 22.7 Å². The van der Waals surface area contributed by atoms with Crippen molar-refractivity contribution in [2.75, 3.05) is 11.9 Å². The molecule has 4 atom stereocenters. The van der Waals surface area contributed by atoms with Crippen LogP contribution in [-0.2, 0) is 4.74 Å². The van der Waals surface area contributed by atoms with Gasteiger partial charge in [0.2, 0.25) is 0 Å². The smallest absolute Gasteiger partial charge is 0.351 e. The van der Waals surface area contributed by atoms with Crippen molar-refractivity contribution >= 4 is 5.82 Å². The van der Waals surface area contributed by atoms with Gasteiger partial charge in [-0.15, -0.1) is 0 Å². The van der Waals surface area contributed by atoms with E-state index in [0.717, 1.165) is 17.4 Å². The van der Waals surface area contributed by atoms with E-state index in [-0.39, 0.29) is 0 Å². The Morgan fingerprint density at radius 2 is 2.15 bits per heavy atom. The van der Waals surface area contributed by atoms with Gasteiger partial charge in [-0.3, -0.25) is 4.57 Å². The van der Waals surface area contributed by atoms with E-state index >= 15 is 0 Å². The number of aliphatic hydroxyl groups is 3. The van der Waals surface area contributed by atoms with E-state index in [1.165, 1.54) is 6.20 Å². The van der Waals surface area contributed by atoms with Gasteiger partial charge in [-0.05, 0) is 18.9 Å². The molecular formula is C12H17N3O5. The molecule has 4 N–H and O–H groups in total. The zero-order valence-corrected chi connectivity index (χ0v) is 10.7. The Hall–Kier alpha value is -1.48. The fraction of sp³-hybridized carbons (Fsp3) is 0.667. The number of anilines is 1. The molecule has 0 radical (unpaired) electrons. The van der Waals surface area contributed by atoms with Gasteiger partial charge in [-0.1, -0.05) is 0 Å². The van der Waals surface area contributed by atoms with Crippen LogP contribution in [0, 0.1) is 0 Å². The molecule has 8 nitrogen and oxygen atoms in total. The number of aliphatic hydroxyl groups excluding tert-OH is 3. The SMILES string of the molecule is O=c1nc(NC2CC2)ccn1[C@H]1O[C@@H](CO)[C@H](O)[C@H]1O. The third kappa shape index (κ3) is 2.42. The average molecular weight is 283 g/mol. The van der Waals surface area contributed by atoms with Gasteiger partial charge < -0.3 is 25.4 Å². The quantitative estimate of drug-likeness (QED) is 0.527. The van der Waals surface area contributed by atoms with Gasteiger partial charge >= 0.3 is 5.69 Å². The fourth-order valence-corrected chi connectivity index (χ4v) is 2.23. The van der Waals surface area contributed by atoms with Gasteiger partial charge in [0, 0.05) is 12.2 Å². The lowest BCUT2D eigenvalue weighted by atomic mass is 10.1. The summed E-state index contributed by atoms with van der Waals surface area (Å²) < 4.78 is 6.40. The Morgan fingerprint density at radius 3 is 2.70 bits per heavy atom. The predicted molar refractivity (Wildman–Crippen MR) is 68.2 cm³/mol. The van der Waals surface area contributed by atoms with Gasteiger partial charge in [0.05, 0.1) is 6.61 Å². The van der Waals surface area contributed by atoms with Crippen molar-refractivity contribution in [3.8, 4) is 0 Å².